The highest BCUT2D eigenvalue weighted by Gasteiger charge is 2.10. The molecule has 0 saturated heterocycles. The van der Waals surface area contributed by atoms with Crippen LogP contribution < -0.4 is 0 Å². The minimum atomic E-state index is -5.74. The van der Waals surface area contributed by atoms with Crippen molar-refractivity contribution in [2.75, 3.05) is 34.0 Å². The Hall–Kier alpha value is -0.170. The molecule has 0 aromatic rings. The van der Waals surface area contributed by atoms with Crippen LogP contribution in [0.1, 0.15) is 17.8 Å². The van der Waals surface area contributed by atoms with Gasteiger partial charge in [-0.05, 0) is 0 Å². The molecule has 0 rings (SSSR count). The van der Waals surface area contributed by atoms with Crippen molar-refractivity contribution in [2.24, 2.45) is 0 Å². The van der Waals surface area contributed by atoms with Crippen LogP contribution >= 0.6 is 0 Å². The number of quaternary nitrogens is 1. The summed E-state index contributed by atoms with van der Waals surface area (Å²) in [6, 6.07) is 0. The van der Waals surface area contributed by atoms with Crippen molar-refractivity contribution in [3.8, 4) is 0 Å². The predicted octanol–water partition coefficient (Wildman–Crippen LogP) is -0.488. The molecule has 0 unspecified atom stereocenters. The van der Waals surface area contributed by atoms with E-state index in [-0.39, 0.29) is 0 Å². The summed E-state index contributed by atoms with van der Waals surface area (Å²) < 4.78 is 124. The zero-order valence-electron chi connectivity index (χ0n) is 18.0. The first-order valence-corrected chi connectivity index (χ1v) is 3.40. The Morgan fingerprint density at radius 2 is 2.18 bits per heavy atom. The quantitative estimate of drug-likeness (QED) is 0.488. The largest absolute Gasteiger partial charge is 0.397 e. The molecule has 0 radical (unpaired) electrons. The Bertz CT molecular complexity index is 535. The van der Waals surface area contributed by atoms with Crippen LogP contribution in [0.25, 0.3) is 0 Å². The third-order valence-electron chi connectivity index (χ3n) is 0.360. The zero-order valence-corrected chi connectivity index (χ0v) is 5.84. The summed E-state index contributed by atoms with van der Waals surface area (Å²) in [4.78, 5) is 0. The minimum Gasteiger partial charge on any atom is -0.329 e. The lowest BCUT2D eigenvalue weighted by atomic mass is 10.5. The zero-order chi connectivity index (χ0) is 20.2. The van der Waals surface area contributed by atoms with Gasteiger partial charge < -0.3 is 4.48 Å². The van der Waals surface area contributed by atoms with Gasteiger partial charge >= 0.3 is 10.4 Å². The molecule has 0 heterocycles. The molecule has 0 fully saturated rings. The monoisotopic (exact) mass is 197 g/mol. The summed E-state index contributed by atoms with van der Waals surface area (Å²) >= 11 is 0. The van der Waals surface area contributed by atoms with Crippen LogP contribution in [0.15, 0.2) is 0 Å². The maximum absolute atomic E-state index is 10.7. The molecule has 11 heavy (non-hydrogen) atoms. The van der Waals surface area contributed by atoms with Gasteiger partial charge in [-0.25, -0.2) is 4.18 Å². The highest BCUT2D eigenvalue weighted by molar-refractivity contribution is 7.80. The van der Waals surface area contributed by atoms with Gasteiger partial charge in [0.25, 0.3) is 0 Å². The van der Waals surface area contributed by atoms with E-state index in [1.165, 1.54) is 0 Å². The first-order valence-electron chi connectivity index (χ1n) is 8.53. The highest BCUT2D eigenvalue weighted by Crippen LogP contribution is 1.92. The molecule has 68 valence electrons. The van der Waals surface area contributed by atoms with Gasteiger partial charge in [0.05, 0.1) is 38.7 Å². The van der Waals surface area contributed by atoms with Crippen molar-refractivity contribution in [1.29, 1.82) is 0 Å². The lowest BCUT2D eigenvalue weighted by molar-refractivity contribution is -0.870. The van der Waals surface area contributed by atoms with Crippen molar-refractivity contribution in [1.82, 2.24) is 0 Å². The van der Waals surface area contributed by atoms with Crippen molar-refractivity contribution < 1.29 is 39.5 Å². The van der Waals surface area contributed by atoms with Crippen LogP contribution in [0.2, 0.25) is 0 Å². The molecule has 0 aliphatic rings. The Kier molecular flexibility index (Phi) is 0.636. The molecule has 0 saturated carbocycles. The van der Waals surface area contributed by atoms with Crippen LogP contribution in [0.4, 0.5) is 0 Å². The summed E-state index contributed by atoms with van der Waals surface area (Å²) in [5.74, 6) is 0. The number of hydrogen-bond donors (Lipinski definition) is 1. The second kappa shape index (κ2) is 3.48. The van der Waals surface area contributed by atoms with Gasteiger partial charge in [0.1, 0.15) is 13.1 Å². The third-order valence-corrected chi connectivity index (χ3v) is 0.654. The van der Waals surface area contributed by atoms with Gasteiger partial charge in [-0.3, -0.25) is 4.55 Å². The summed E-state index contributed by atoms with van der Waals surface area (Å²) in [7, 11) is -5.74. The average molecular weight is 197 g/mol. The van der Waals surface area contributed by atoms with Crippen LogP contribution in [-0.4, -0.2) is 51.4 Å². The smallest absolute Gasteiger partial charge is 0.329 e. The predicted molar refractivity (Wildman–Crippen MR) is 40.4 cm³/mol. The number of nitrogens with zero attached hydrogens (tertiary/aromatic N) is 1. The summed E-state index contributed by atoms with van der Waals surface area (Å²) in [5.41, 5.74) is 0. The Balaban J connectivity index is 7.00. The fourth-order valence-electron chi connectivity index (χ4n) is 0.140. The van der Waals surface area contributed by atoms with E-state index in [4.69, 9.17) is 22.4 Å². The fraction of sp³-hybridized carbons (Fsp3) is 1.00. The molecule has 0 atom stereocenters. The number of hydrogen-bond acceptors (Lipinski definition) is 3. The highest BCUT2D eigenvalue weighted by atomic mass is 32.3. The maximum atomic E-state index is 10.7. The molecular formula is C5H14NO4S+. The maximum Gasteiger partial charge on any atom is 0.397 e. The van der Waals surface area contributed by atoms with Crippen LogP contribution in [-0.2, 0) is 14.6 Å². The van der Waals surface area contributed by atoms with E-state index in [2.05, 4.69) is 4.18 Å². The van der Waals surface area contributed by atoms with Gasteiger partial charge in [0, 0.05) is 0 Å². The van der Waals surface area contributed by atoms with Crippen LogP contribution in [0.5, 0.6) is 0 Å². The summed E-state index contributed by atoms with van der Waals surface area (Å²) in [6.07, 6.45) is 0. The lowest BCUT2D eigenvalue weighted by Crippen LogP contribution is -2.37. The van der Waals surface area contributed by atoms with E-state index in [9.17, 15) is 8.42 Å². The molecular weight excluding hydrogens is 170 g/mol. The normalized spacial score (nSPS) is 37.0. The van der Waals surface area contributed by atoms with E-state index >= 15 is 0 Å². The Labute approximate surface area is 85.4 Å². The molecule has 6 heteroatoms. The fourth-order valence-corrected chi connectivity index (χ4v) is 0.282. The molecule has 5 nitrogen and oxygen atoms in total. The van der Waals surface area contributed by atoms with Gasteiger partial charge in [-0.1, -0.05) is 0 Å². The van der Waals surface area contributed by atoms with Gasteiger partial charge in [0.15, 0.2) is 0 Å². The number of likely N-dealkylation sites (N-methyl/N-ethyl adjacent to an activating group) is 1. The Morgan fingerprint density at radius 3 is 2.55 bits per heavy atom. The molecule has 1 N–H and O–H groups in total. The topological polar surface area (TPSA) is 63.6 Å². The molecule has 0 aliphatic heterocycles. The minimum absolute atomic E-state index is 3.40. The lowest BCUT2D eigenvalue weighted by Gasteiger charge is -2.22. The summed E-state index contributed by atoms with van der Waals surface area (Å²) in [6.45, 7) is -21.5. The van der Waals surface area contributed by atoms with Crippen LogP contribution in [0.3, 0.4) is 0 Å². The molecule has 0 spiro atoms. The van der Waals surface area contributed by atoms with Crippen molar-refractivity contribution in [3.63, 3.8) is 0 Å². The first-order chi connectivity index (χ1) is 9.96. The molecule has 0 aliphatic carbocycles. The van der Waals surface area contributed by atoms with E-state index in [0.29, 0.717) is 0 Å². The Morgan fingerprint density at radius 1 is 1.64 bits per heavy atom. The second-order valence-corrected chi connectivity index (χ2v) is 2.42. The molecule has 0 bridgehead atoms. The average Bonchev–Trinajstić information content (AvgIpc) is 2.03. The molecule has 0 amide bonds. The third kappa shape index (κ3) is 9.83. The van der Waals surface area contributed by atoms with Gasteiger partial charge in [-0.2, -0.15) is 8.42 Å². The summed E-state index contributed by atoms with van der Waals surface area (Å²) in [5, 5.41) is 0. The van der Waals surface area contributed by atoms with Crippen molar-refractivity contribution >= 4 is 10.4 Å². The molecule has 0 aromatic heterocycles. The van der Waals surface area contributed by atoms with E-state index < -0.39 is 48.9 Å². The van der Waals surface area contributed by atoms with Crippen LogP contribution in [0, 0.1) is 0 Å². The standard InChI is InChI=1S/C5H13NO4S/c1-6(2,3)4-5-10-11(7,8)9/h4-5H2,1-3H3/p+1/i1D3,2D3,3D3,4D2,5D2. The molecule has 0 aromatic carbocycles. The van der Waals surface area contributed by atoms with Gasteiger partial charge in [-0.15, -0.1) is 0 Å². The van der Waals surface area contributed by atoms with Gasteiger partial charge in [0.2, 0.25) is 0 Å². The first kappa shape index (κ1) is 2.01. The van der Waals surface area contributed by atoms with E-state index in [0.717, 1.165) is 0 Å². The van der Waals surface area contributed by atoms with E-state index in [1.807, 2.05) is 0 Å². The number of rotatable bonds is 4. The van der Waals surface area contributed by atoms with E-state index in [1.54, 1.807) is 0 Å². The second-order valence-electron chi connectivity index (χ2n) is 1.40. The van der Waals surface area contributed by atoms with Crippen molar-refractivity contribution in [3.05, 3.63) is 0 Å². The SMILES string of the molecule is [2H]C([2H])(OS(=O)(=O)O)C([2H])([2H])[N+](C([2H])([2H])[2H])(C([2H])([2H])[2H])C([2H])([2H])[2H]. The van der Waals surface area contributed by atoms with Crippen molar-refractivity contribution in [2.45, 2.75) is 0 Å².